The van der Waals surface area contributed by atoms with E-state index < -0.39 is 30.4 Å². The van der Waals surface area contributed by atoms with Crippen LogP contribution in [-0.2, 0) is 19.0 Å². The summed E-state index contributed by atoms with van der Waals surface area (Å²) in [6, 6.07) is -0.627. The van der Waals surface area contributed by atoms with Crippen LogP contribution >= 0.6 is 0 Å². The molecule has 1 saturated heterocycles. The molecule has 3 atom stereocenters. The number of amides is 1. The minimum absolute atomic E-state index is 0.0312. The highest BCUT2D eigenvalue weighted by Gasteiger charge is 2.43. The van der Waals surface area contributed by atoms with Crippen molar-refractivity contribution in [2.75, 3.05) is 31.0 Å². The van der Waals surface area contributed by atoms with Gasteiger partial charge in [0.15, 0.2) is 17.9 Å². The number of hydrogen-bond donors (Lipinski definition) is 3. The molecule has 0 spiro atoms. The van der Waals surface area contributed by atoms with Gasteiger partial charge in [-0.3, -0.25) is 4.79 Å². The second kappa shape index (κ2) is 7.75. The number of hydrogen-bond acceptors (Lipinski definition) is 9. The number of ether oxygens (including phenoxy) is 3. The second-order valence-electron chi connectivity index (χ2n) is 4.95. The third-order valence-electron chi connectivity index (χ3n) is 3.54. The van der Waals surface area contributed by atoms with Crippen molar-refractivity contribution in [1.82, 2.24) is 9.97 Å². The number of anilines is 3. The van der Waals surface area contributed by atoms with Crippen LogP contribution in [-0.4, -0.2) is 54.6 Å². The number of azide groups is 1. The highest BCUT2D eigenvalue weighted by molar-refractivity contribution is 5.99. The molecule has 0 saturated carbocycles. The Morgan fingerprint density at radius 2 is 2.08 bits per heavy atom. The topological polar surface area (TPSA) is 183 Å². The van der Waals surface area contributed by atoms with Gasteiger partial charge in [0.05, 0.1) is 6.04 Å². The summed E-state index contributed by atoms with van der Waals surface area (Å²) in [6.07, 6.45) is -1.08. The molecule has 0 radical (unpaired) electrons. The Kier molecular flexibility index (Phi) is 5.71. The van der Waals surface area contributed by atoms with Gasteiger partial charge in [-0.05, 0) is 12.0 Å². The molecule has 5 N–H and O–H groups in total. The highest BCUT2D eigenvalue weighted by atomic mass is 16.7. The van der Waals surface area contributed by atoms with Gasteiger partial charge < -0.3 is 31.0 Å². The lowest BCUT2D eigenvalue weighted by atomic mass is 10.1. The van der Waals surface area contributed by atoms with Crippen molar-refractivity contribution in [3.05, 3.63) is 16.8 Å². The summed E-state index contributed by atoms with van der Waals surface area (Å²) in [5.74, 6) is -0.456. The normalized spacial score (nSPS) is 23.0. The van der Waals surface area contributed by atoms with Gasteiger partial charge in [-0.15, -0.1) is 0 Å². The lowest BCUT2D eigenvalue weighted by Gasteiger charge is -2.23. The zero-order valence-corrected chi connectivity index (χ0v) is 13.1. The SMILES string of the molecule is COC(OC)[C@H]1O[C@@H](C(=O)Nc2c(N)ncnc2N)C[C@@H]1N=[N+]=[N-]. The van der Waals surface area contributed by atoms with Gasteiger partial charge in [0.1, 0.15) is 24.2 Å². The Bertz CT molecular complexity index is 626. The predicted octanol–water partition coefficient (Wildman–Crippen LogP) is 0.0348. The van der Waals surface area contributed by atoms with E-state index in [1.165, 1.54) is 20.5 Å². The summed E-state index contributed by atoms with van der Waals surface area (Å²) in [5.41, 5.74) is 20.1. The average Bonchev–Trinajstić information content (AvgIpc) is 2.97. The molecule has 0 bridgehead atoms. The molecule has 24 heavy (non-hydrogen) atoms. The molecule has 2 rings (SSSR count). The standard InChI is InChI=1S/C12H18N8O4/c1-22-12(23-2)8-5(19-20-15)3-6(24-8)11(21)18-7-9(13)16-4-17-10(7)14/h4-6,8,12H,3H2,1-2H3,(H,18,21)(H4,13,14,16,17)/t5-,6+,8-/m0/s1. The molecule has 1 amide bonds. The van der Waals surface area contributed by atoms with Gasteiger partial charge in [-0.1, -0.05) is 5.11 Å². The van der Waals surface area contributed by atoms with Crippen molar-refractivity contribution < 1.29 is 19.0 Å². The van der Waals surface area contributed by atoms with Crippen molar-refractivity contribution in [3.8, 4) is 0 Å². The zero-order valence-electron chi connectivity index (χ0n) is 13.1. The van der Waals surface area contributed by atoms with E-state index in [4.69, 9.17) is 31.2 Å². The highest BCUT2D eigenvalue weighted by Crippen LogP contribution is 2.29. The first-order valence-corrected chi connectivity index (χ1v) is 6.93. The molecule has 12 heteroatoms. The van der Waals surface area contributed by atoms with Crippen LogP contribution in [0.25, 0.3) is 10.4 Å². The van der Waals surface area contributed by atoms with Gasteiger partial charge >= 0.3 is 0 Å². The van der Waals surface area contributed by atoms with E-state index in [2.05, 4.69) is 25.3 Å². The van der Waals surface area contributed by atoms with Gasteiger partial charge in [0, 0.05) is 19.1 Å². The number of carbonyl (C=O) groups is 1. The fourth-order valence-electron chi connectivity index (χ4n) is 2.39. The molecule has 1 fully saturated rings. The molecular formula is C12H18N8O4. The summed E-state index contributed by atoms with van der Waals surface area (Å²) in [6.45, 7) is 0. The van der Waals surface area contributed by atoms with E-state index in [0.717, 1.165) is 0 Å². The number of nitrogens with zero attached hydrogens (tertiary/aromatic N) is 5. The van der Waals surface area contributed by atoms with Crippen LogP contribution in [0, 0.1) is 0 Å². The minimum atomic E-state index is -0.905. The van der Waals surface area contributed by atoms with Crippen LogP contribution in [0.4, 0.5) is 17.3 Å². The van der Waals surface area contributed by atoms with Crippen LogP contribution in [0.5, 0.6) is 0 Å². The van der Waals surface area contributed by atoms with E-state index in [1.807, 2.05) is 0 Å². The predicted molar refractivity (Wildman–Crippen MR) is 83.5 cm³/mol. The smallest absolute Gasteiger partial charge is 0.253 e. The lowest BCUT2D eigenvalue weighted by Crippen LogP contribution is -2.37. The number of nitrogen functional groups attached to an aromatic ring is 2. The van der Waals surface area contributed by atoms with E-state index >= 15 is 0 Å². The quantitative estimate of drug-likeness (QED) is 0.281. The fraction of sp³-hybridized carbons (Fsp3) is 0.583. The van der Waals surface area contributed by atoms with Crippen molar-refractivity contribution >= 4 is 23.2 Å². The van der Waals surface area contributed by atoms with E-state index in [-0.39, 0.29) is 23.7 Å². The molecule has 1 aliphatic heterocycles. The Labute approximate surface area is 137 Å². The van der Waals surface area contributed by atoms with Gasteiger partial charge in [0.2, 0.25) is 0 Å². The molecular weight excluding hydrogens is 320 g/mol. The lowest BCUT2D eigenvalue weighted by molar-refractivity contribution is -0.179. The molecule has 0 aliphatic carbocycles. The average molecular weight is 338 g/mol. The van der Waals surface area contributed by atoms with Crippen LogP contribution in [0.15, 0.2) is 11.4 Å². The molecule has 0 aromatic carbocycles. The third-order valence-corrected chi connectivity index (χ3v) is 3.54. The van der Waals surface area contributed by atoms with Crippen molar-refractivity contribution in [3.63, 3.8) is 0 Å². The fourth-order valence-corrected chi connectivity index (χ4v) is 2.39. The van der Waals surface area contributed by atoms with E-state index in [1.54, 1.807) is 0 Å². The zero-order chi connectivity index (χ0) is 17.7. The molecule has 130 valence electrons. The molecule has 1 aromatic rings. The minimum Gasteiger partial charge on any atom is -0.382 e. The number of rotatable bonds is 6. The van der Waals surface area contributed by atoms with Crippen LogP contribution in [0.3, 0.4) is 0 Å². The Morgan fingerprint density at radius 1 is 1.46 bits per heavy atom. The van der Waals surface area contributed by atoms with Crippen molar-refractivity contribution in [2.24, 2.45) is 5.11 Å². The Morgan fingerprint density at radius 3 is 2.62 bits per heavy atom. The molecule has 1 aromatic heterocycles. The Balaban J connectivity index is 2.14. The van der Waals surface area contributed by atoms with Crippen LogP contribution in [0.2, 0.25) is 0 Å². The number of aromatic nitrogens is 2. The number of methoxy groups -OCH3 is 2. The van der Waals surface area contributed by atoms with Crippen molar-refractivity contribution in [2.45, 2.75) is 31.0 Å². The summed E-state index contributed by atoms with van der Waals surface area (Å²) in [7, 11) is 2.83. The number of carbonyl (C=O) groups excluding carboxylic acids is 1. The van der Waals surface area contributed by atoms with Gasteiger partial charge in [-0.25, -0.2) is 9.97 Å². The van der Waals surface area contributed by atoms with E-state index in [9.17, 15) is 4.79 Å². The van der Waals surface area contributed by atoms with Gasteiger partial charge in [-0.2, -0.15) is 0 Å². The first-order valence-electron chi connectivity index (χ1n) is 6.93. The number of nitrogens with two attached hydrogens (primary N) is 2. The van der Waals surface area contributed by atoms with E-state index in [0.29, 0.717) is 0 Å². The van der Waals surface area contributed by atoms with Crippen LogP contribution in [0.1, 0.15) is 6.42 Å². The summed E-state index contributed by atoms with van der Waals surface area (Å²) >= 11 is 0. The summed E-state index contributed by atoms with van der Waals surface area (Å²) in [4.78, 5) is 22.7. The third kappa shape index (κ3) is 3.63. The summed E-state index contributed by atoms with van der Waals surface area (Å²) < 4.78 is 15.9. The first-order chi connectivity index (χ1) is 11.5. The van der Waals surface area contributed by atoms with Gasteiger partial charge in [0.25, 0.3) is 5.91 Å². The first kappa shape index (κ1) is 17.7. The maximum absolute atomic E-state index is 12.4. The summed E-state index contributed by atoms with van der Waals surface area (Å²) in [5, 5.41) is 6.16. The molecule has 12 nitrogen and oxygen atoms in total. The molecule has 1 aliphatic rings. The maximum Gasteiger partial charge on any atom is 0.253 e. The maximum atomic E-state index is 12.4. The number of nitrogens with one attached hydrogen (secondary N) is 1. The Hall–Kier alpha value is -2.66. The molecule has 0 unspecified atom stereocenters. The second-order valence-corrected chi connectivity index (χ2v) is 4.95. The van der Waals surface area contributed by atoms with Crippen molar-refractivity contribution in [1.29, 1.82) is 0 Å². The monoisotopic (exact) mass is 338 g/mol. The largest absolute Gasteiger partial charge is 0.382 e. The molecule has 2 heterocycles. The van der Waals surface area contributed by atoms with Crippen LogP contribution < -0.4 is 16.8 Å².